The molecule has 1 amide bonds. The van der Waals surface area contributed by atoms with Crippen LogP contribution in [0, 0.1) is 11.3 Å². The molecule has 2 aromatic rings. The van der Waals surface area contributed by atoms with Gasteiger partial charge in [0.2, 0.25) is 6.79 Å². The summed E-state index contributed by atoms with van der Waals surface area (Å²) < 4.78 is 10.8. The van der Waals surface area contributed by atoms with E-state index in [4.69, 9.17) is 9.47 Å². The Morgan fingerprint density at radius 3 is 2.58 bits per heavy atom. The van der Waals surface area contributed by atoms with Crippen LogP contribution in [0.5, 0.6) is 11.5 Å². The SMILES string of the molecule is N#C/C(=C\N1CCN(Cc2ccc3c(c2)OCO3)CC1)C(=O)NCCc1ccccc1. The van der Waals surface area contributed by atoms with Crippen LogP contribution in [0.15, 0.2) is 60.3 Å². The number of nitriles is 1. The Kier molecular flexibility index (Phi) is 6.70. The molecule has 0 aliphatic carbocycles. The summed E-state index contributed by atoms with van der Waals surface area (Å²) in [5, 5.41) is 12.3. The highest BCUT2D eigenvalue weighted by molar-refractivity contribution is 5.97. The van der Waals surface area contributed by atoms with Crippen molar-refractivity contribution in [2.45, 2.75) is 13.0 Å². The van der Waals surface area contributed by atoms with E-state index in [2.05, 4.69) is 16.3 Å². The number of piperazine rings is 1. The molecular weight excluding hydrogens is 392 g/mol. The molecule has 1 fully saturated rings. The van der Waals surface area contributed by atoms with Crippen molar-refractivity contribution in [3.05, 3.63) is 71.4 Å². The van der Waals surface area contributed by atoms with Crippen molar-refractivity contribution >= 4 is 5.91 Å². The predicted molar refractivity (Wildman–Crippen MR) is 116 cm³/mol. The second-order valence-corrected chi connectivity index (χ2v) is 7.65. The maximum atomic E-state index is 12.4. The third-order valence-corrected chi connectivity index (χ3v) is 5.47. The minimum Gasteiger partial charge on any atom is -0.454 e. The minimum atomic E-state index is -0.318. The summed E-state index contributed by atoms with van der Waals surface area (Å²) in [7, 11) is 0. The summed E-state index contributed by atoms with van der Waals surface area (Å²) in [6.07, 6.45) is 2.43. The predicted octanol–water partition coefficient (Wildman–Crippen LogP) is 2.30. The molecule has 160 valence electrons. The summed E-state index contributed by atoms with van der Waals surface area (Å²) in [4.78, 5) is 16.8. The fourth-order valence-electron chi connectivity index (χ4n) is 3.73. The van der Waals surface area contributed by atoms with Crippen LogP contribution in [0.2, 0.25) is 0 Å². The van der Waals surface area contributed by atoms with Gasteiger partial charge in [0.25, 0.3) is 5.91 Å². The van der Waals surface area contributed by atoms with E-state index in [1.54, 1.807) is 6.20 Å². The zero-order chi connectivity index (χ0) is 21.5. The van der Waals surface area contributed by atoms with E-state index in [9.17, 15) is 10.1 Å². The monoisotopic (exact) mass is 418 g/mol. The topological polar surface area (TPSA) is 77.8 Å². The molecule has 4 rings (SSSR count). The largest absolute Gasteiger partial charge is 0.454 e. The molecule has 0 saturated carbocycles. The van der Waals surface area contributed by atoms with Crippen LogP contribution in [-0.2, 0) is 17.8 Å². The Morgan fingerprint density at radius 2 is 1.81 bits per heavy atom. The standard InChI is InChI=1S/C24H26N4O3/c25-15-21(24(29)26-9-8-19-4-2-1-3-5-19)17-28-12-10-27(11-13-28)16-20-6-7-22-23(14-20)31-18-30-22/h1-7,14,17H,8-13,16,18H2,(H,26,29)/b21-17+. The summed E-state index contributed by atoms with van der Waals surface area (Å²) in [6, 6.07) is 18.1. The number of amides is 1. The zero-order valence-electron chi connectivity index (χ0n) is 17.4. The Balaban J connectivity index is 1.24. The number of carbonyl (C=O) groups is 1. The van der Waals surface area contributed by atoms with Crippen LogP contribution >= 0.6 is 0 Å². The lowest BCUT2D eigenvalue weighted by Crippen LogP contribution is -2.44. The van der Waals surface area contributed by atoms with Gasteiger partial charge in [-0.2, -0.15) is 5.26 Å². The average molecular weight is 418 g/mol. The Hall–Kier alpha value is -3.50. The van der Waals surface area contributed by atoms with Crippen LogP contribution in [0.4, 0.5) is 0 Å². The van der Waals surface area contributed by atoms with E-state index in [0.717, 1.165) is 56.2 Å². The number of benzene rings is 2. The van der Waals surface area contributed by atoms with Gasteiger partial charge in [0.1, 0.15) is 11.6 Å². The molecule has 1 saturated heterocycles. The van der Waals surface area contributed by atoms with Gasteiger partial charge < -0.3 is 19.7 Å². The third kappa shape index (κ3) is 5.56. The molecule has 0 unspecified atom stereocenters. The first kappa shape index (κ1) is 20.8. The first-order valence-electron chi connectivity index (χ1n) is 10.5. The molecule has 2 aliphatic rings. The molecule has 2 heterocycles. The Labute approximate surface area is 182 Å². The van der Waals surface area contributed by atoms with Crippen molar-refractivity contribution in [2.24, 2.45) is 0 Å². The quantitative estimate of drug-likeness (QED) is 0.549. The van der Waals surface area contributed by atoms with Crippen LogP contribution in [0.25, 0.3) is 0 Å². The summed E-state index contributed by atoms with van der Waals surface area (Å²) in [5.41, 5.74) is 2.49. The van der Waals surface area contributed by atoms with E-state index < -0.39 is 0 Å². The van der Waals surface area contributed by atoms with Gasteiger partial charge in [-0.05, 0) is 29.7 Å². The fraction of sp³-hybridized carbons (Fsp3) is 0.333. The van der Waals surface area contributed by atoms with Crippen LogP contribution in [0.3, 0.4) is 0 Å². The number of nitrogens with zero attached hydrogens (tertiary/aromatic N) is 3. The maximum Gasteiger partial charge on any atom is 0.263 e. The lowest BCUT2D eigenvalue weighted by molar-refractivity contribution is -0.117. The molecule has 0 spiro atoms. The number of hydrogen-bond donors (Lipinski definition) is 1. The van der Waals surface area contributed by atoms with Crippen molar-refractivity contribution in [1.82, 2.24) is 15.1 Å². The molecule has 0 radical (unpaired) electrons. The van der Waals surface area contributed by atoms with Crippen molar-refractivity contribution in [1.29, 1.82) is 5.26 Å². The van der Waals surface area contributed by atoms with Crippen molar-refractivity contribution in [3.8, 4) is 17.6 Å². The lowest BCUT2D eigenvalue weighted by atomic mass is 10.1. The second-order valence-electron chi connectivity index (χ2n) is 7.65. The van der Waals surface area contributed by atoms with Crippen molar-refractivity contribution in [3.63, 3.8) is 0 Å². The van der Waals surface area contributed by atoms with Gasteiger partial charge in [-0.15, -0.1) is 0 Å². The Morgan fingerprint density at radius 1 is 1.03 bits per heavy atom. The molecular formula is C24H26N4O3. The average Bonchev–Trinajstić information content (AvgIpc) is 3.27. The molecule has 0 atom stereocenters. The molecule has 0 bridgehead atoms. The van der Waals surface area contributed by atoms with Gasteiger partial charge in [0, 0.05) is 45.5 Å². The first-order chi connectivity index (χ1) is 15.2. The number of hydrogen-bond acceptors (Lipinski definition) is 6. The fourth-order valence-corrected chi connectivity index (χ4v) is 3.73. The number of nitrogens with one attached hydrogen (secondary N) is 1. The summed E-state index contributed by atoms with van der Waals surface area (Å²) in [5.74, 6) is 1.28. The van der Waals surface area contributed by atoms with Gasteiger partial charge in [0.15, 0.2) is 11.5 Å². The number of rotatable bonds is 7. The van der Waals surface area contributed by atoms with Crippen LogP contribution < -0.4 is 14.8 Å². The van der Waals surface area contributed by atoms with Gasteiger partial charge in [-0.1, -0.05) is 36.4 Å². The van der Waals surface area contributed by atoms with E-state index in [1.807, 2.05) is 53.4 Å². The number of carbonyl (C=O) groups excluding carboxylic acids is 1. The lowest BCUT2D eigenvalue weighted by Gasteiger charge is -2.34. The molecule has 2 aliphatic heterocycles. The van der Waals surface area contributed by atoms with E-state index in [0.29, 0.717) is 6.54 Å². The molecule has 31 heavy (non-hydrogen) atoms. The smallest absolute Gasteiger partial charge is 0.263 e. The Bertz CT molecular complexity index is 976. The normalized spacial score (nSPS) is 16.1. The van der Waals surface area contributed by atoms with Crippen molar-refractivity contribution < 1.29 is 14.3 Å². The molecule has 0 aromatic heterocycles. The van der Waals surface area contributed by atoms with Gasteiger partial charge in [-0.3, -0.25) is 9.69 Å². The zero-order valence-corrected chi connectivity index (χ0v) is 17.4. The third-order valence-electron chi connectivity index (χ3n) is 5.47. The molecule has 7 heteroatoms. The molecule has 7 nitrogen and oxygen atoms in total. The van der Waals surface area contributed by atoms with Gasteiger partial charge >= 0.3 is 0 Å². The second kappa shape index (κ2) is 10.0. The first-order valence-corrected chi connectivity index (χ1v) is 10.5. The molecule has 2 aromatic carbocycles. The summed E-state index contributed by atoms with van der Waals surface area (Å²) in [6.45, 7) is 4.88. The van der Waals surface area contributed by atoms with E-state index in [1.165, 1.54) is 5.56 Å². The van der Waals surface area contributed by atoms with E-state index >= 15 is 0 Å². The maximum absolute atomic E-state index is 12.4. The van der Waals surface area contributed by atoms with Crippen molar-refractivity contribution in [2.75, 3.05) is 39.5 Å². The van der Waals surface area contributed by atoms with Crippen LogP contribution in [0.1, 0.15) is 11.1 Å². The highest BCUT2D eigenvalue weighted by Gasteiger charge is 2.19. The summed E-state index contributed by atoms with van der Waals surface area (Å²) >= 11 is 0. The van der Waals surface area contributed by atoms with E-state index in [-0.39, 0.29) is 18.3 Å². The minimum absolute atomic E-state index is 0.150. The number of ether oxygens (including phenoxy) is 2. The van der Waals surface area contributed by atoms with Gasteiger partial charge in [-0.25, -0.2) is 0 Å². The highest BCUT2D eigenvalue weighted by atomic mass is 16.7. The van der Waals surface area contributed by atoms with Gasteiger partial charge in [0.05, 0.1) is 0 Å². The highest BCUT2D eigenvalue weighted by Crippen LogP contribution is 2.32. The molecule has 1 N–H and O–H groups in total. The van der Waals surface area contributed by atoms with Crippen LogP contribution in [-0.4, -0.2) is 55.2 Å². The number of fused-ring (bicyclic) bond motifs is 1.